The van der Waals surface area contributed by atoms with Crippen LogP contribution in [0.15, 0.2) is 59.7 Å². The fourth-order valence-corrected chi connectivity index (χ4v) is 1.95. The number of aliphatic hydroxyl groups is 2. The molecule has 5 nitrogen and oxygen atoms in total. The molecular weight excluding hydrogens is 254 g/mol. The molecule has 0 saturated heterocycles. The first-order chi connectivity index (χ1) is 9.72. The summed E-state index contributed by atoms with van der Waals surface area (Å²) < 4.78 is 0. The van der Waals surface area contributed by atoms with Crippen LogP contribution >= 0.6 is 0 Å². The van der Waals surface area contributed by atoms with Crippen LogP contribution < -0.4 is 0 Å². The number of hydrogen-bond donors (Lipinski definition) is 2. The molecule has 2 rings (SSSR count). The highest BCUT2D eigenvalue weighted by molar-refractivity contribution is 5.63. The smallest absolute Gasteiger partial charge is 0.105 e. The Bertz CT molecular complexity index is 592. The zero-order valence-electron chi connectivity index (χ0n) is 10.8. The van der Waals surface area contributed by atoms with E-state index in [-0.39, 0.29) is 6.54 Å². The van der Waals surface area contributed by atoms with Crippen molar-refractivity contribution in [3.63, 3.8) is 0 Å². The second kappa shape index (κ2) is 6.73. The van der Waals surface area contributed by atoms with E-state index < -0.39 is 12.2 Å². The Morgan fingerprint density at radius 1 is 0.950 bits per heavy atom. The van der Waals surface area contributed by atoms with Crippen LogP contribution in [-0.4, -0.2) is 22.9 Å². The Morgan fingerprint density at radius 3 is 2.15 bits per heavy atom. The quantitative estimate of drug-likeness (QED) is 0.496. The van der Waals surface area contributed by atoms with Crippen molar-refractivity contribution in [2.45, 2.75) is 12.2 Å². The molecule has 0 saturated carbocycles. The maximum Gasteiger partial charge on any atom is 0.105 e. The summed E-state index contributed by atoms with van der Waals surface area (Å²) in [6.07, 6.45) is -2.17. The van der Waals surface area contributed by atoms with Crippen LogP contribution in [-0.2, 0) is 0 Å². The molecule has 0 aromatic heterocycles. The Labute approximate surface area is 116 Å². The van der Waals surface area contributed by atoms with E-state index in [0.29, 0.717) is 5.56 Å². The fraction of sp³-hybridized carbons (Fsp3) is 0.200. The summed E-state index contributed by atoms with van der Waals surface area (Å²) in [5.41, 5.74) is 10.9. The third kappa shape index (κ3) is 3.36. The Hall–Kier alpha value is -2.33. The Kier molecular flexibility index (Phi) is 4.74. The van der Waals surface area contributed by atoms with Crippen LogP contribution in [0.5, 0.6) is 0 Å². The first-order valence-electron chi connectivity index (χ1n) is 6.24. The molecule has 2 N–H and O–H groups in total. The summed E-state index contributed by atoms with van der Waals surface area (Å²) in [6.45, 7) is -0.155. The van der Waals surface area contributed by atoms with Gasteiger partial charge in [0.15, 0.2) is 0 Å². The van der Waals surface area contributed by atoms with Crippen molar-refractivity contribution in [1.82, 2.24) is 0 Å². The number of nitrogens with zero attached hydrogens (tertiary/aromatic N) is 3. The lowest BCUT2D eigenvalue weighted by Crippen LogP contribution is -2.21. The second-order valence-corrected chi connectivity index (χ2v) is 4.41. The average molecular weight is 269 g/mol. The molecule has 0 amide bonds. The van der Waals surface area contributed by atoms with E-state index in [1.807, 2.05) is 42.5 Å². The van der Waals surface area contributed by atoms with Crippen molar-refractivity contribution in [1.29, 1.82) is 0 Å². The normalized spacial score (nSPS) is 13.3. The average Bonchev–Trinajstić information content (AvgIpc) is 2.53. The van der Waals surface area contributed by atoms with Gasteiger partial charge >= 0.3 is 0 Å². The summed E-state index contributed by atoms with van der Waals surface area (Å²) in [5, 5.41) is 22.9. The molecule has 20 heavy (non-hydrogen) atoms. The van der Waals surface area contributed by atoms with Crippen LogP contribution in [0.4, 0.5) is 0 Å². The predicted octanol–water partition coefficient (Wildman–Crippen LogP) is 3.06. The van der Waals surface area contributed by atoms with Crippen LogP contribution in [0.3, 0.4) is 0 Å². The molecule has 2 unspecified atom stereocenters. The molecule has 2 atom stereocenters. The SMILES string of the molecule is [N-]=[N+]=NCC(O)C(O)c1ccc(-c2ccccc2)cc1. The van der Waals surface area contributed by atoms with Gasteiger partial charge in [-0.1, -0.05) is 59.7 Å². The van der Waals surface area contributed by atoms with E-state index in [9.17, 15) is 10.2 Å². The second-order valence-electron chi connectivity index (χ2n) is 4.41. The van der Waals surface area contributed by atoms with Gasteiger partial charge in [-0.3, -0.25) is 0 Å². The fourth-order valence-electron chi connectivity index (χ4n) is 1.95. The van der Waals surface area contributed by atoms with Gasteiger partial charge in [-0.2, -0.15) is 0 Å². The lowest BCUT2D eigenvalue weighted by atomic mass is 10.00. The summed E-state index contributed by atoms with van der Waals surface area (Å²) in [6, 6.07) is 17.2. The molecule has 2 aromatic carbocycles. The molecule has 0 fully saturated rings. The Morgan fingerprint density at radius 2 is 1.55 bits per heavy atom. The van der Waals surface area contributed by atoms with E-state index in [1.165, 1.54) is 0 Å². The van der Waals surface area contributed by atoms with Crippen LogP contribution in [0.25, 0.3) is 21.6 Å². The standard InChI is InChI=1S/C15H15N3O2/c16-18-17-10-14(19)15(20)13-8-6-12(7-9-13)11-4-2-1-3-5-11/h1-9,14-15,19-20H,10H2. The van der Waals surface area contributed by atoms with Gasteiger partial charge in [0.25, 0.3) is 0 Å². The van der Waals surface area contributed by atoms with E-state index in [4.69, 9.17) is 5.53 Å². The summed E-state index contributed by atoms with van der Waals surface area (Å²) >= 11 is 0. The first-order valence-corrected chi connectivity index (χ1v) is 6.24. The number of benzene rings is 2. The van der Waals surface area contributed by atoms with Gasteiger partial charge in [0.2, 0.25) is 0 Å². The topological polar surface area (TPSA) is 89.2 Å². The van der Waals surface area contributed by atoms with Gasteiger partial charge < -0.3 is 10.2 Å². The number of azide groups is 1. The van der Waals surface area contributed by atoms with Crippen molar-refractivity contribution in [2.75, 3.05) is 6.54 Å². The largest absolute Gasteiger partial charge is 0.390 e. The van der Waals surface area contributed by atoms with E-state index in [0.717, 1.165) is 11.1 Å². The molecule has 2 aromatic rings. The molecule has 0 aliphatic heterocycles. The molecule has 5 heteroatoms. The van der Waals surface area contributed by atoms with E-state index in [1.54, 1.807) is 12.1 Å². The monoisotopic (exact) mass is 269 g/mol. The third-order valence-corrected chi connectivity index (χ3v) is 3.06. The first kappa shape index (κ1) is 14.1. The zero-order chi connectivity index (χ0) is 14.4. The maximum absolute atomic E-state index is 9.94. The molecular formula is C15H15N3O2. The van der Waals surface area contributed by atoms with Crippen LogP contribution in [0, 0.1) is 0 Å². The number of hydrogen-bond acceptors (Lipinski definition) is 3. The van der Waals surface area contributed by atoms with Crippen LogP contribution in [0.1, 0.15) is 11.7 Å². The minimum Gasteiger partial charge on any atom is -0.390 e. The summed E-state index contributed by atoms with van der Waals surface area (Å²) in [7, 11) is 0. The predicted molar refractivity (Wildman–Crippen MR) is 76.9 cm³/mol. The van der Waals surface area contributed by atoms with Gasteiger partial charge in [-0.15, -0.1) is 0 Å². The highest BCUT2D eigenvalue weighted by Crippen LogP contribution is 2.23. The highest BCUT2D eigenvalue weighted by Gasteiger charge is 2.17. The minimum atomic E-state index is -1.10. The number of rotatable bonds is 5. The van der Waals surface area contributed by atoms with Gasteiger partial charge in [0, 0.05) is 4.91 Å². The Balaban J connectivity index is 2.14. The third-order valence-electron chi connectivity index (χ3n) is 3.06. The molecule has 0 aliphatic rings. The lowest BCUT2D eigenvalue weighted by molar-refractivity contribution is 0.0244. The van der Waals surface area contributed by atoms with Gasteiger partial charge in [-0.05, 0) is 22.2 Å². The lowest BCUT2D eigenvalue weighted by Gasteiger charge is -2.16. The van der Waals surface area contributed by atoms with Crippen LogP contribution in [0.2, 0.25) is 0 Å². The van der Waals surface area contributed by atoms with E-state index in [2.05, 4.69) is 10.0 Å². The van der Waals surface area contributed by atoms with Crippen molar-refractivity contribution < 1.29 is 10.2 Å². The van der Waals surface area contributed by atoms with E-state index >= 15 is 0 Å². The summed E-state index contributed by atoms with van der Waals surface area (Å²) in [4.78, 5) is 2.56. The zero-order valence-corrected chi connectivity index (χ0v) is 10.8. The van der Waals surface area contributed by atoms with Crippen molar-refractivity contribution >= 4 is 0 Å². The number of aliphatic hydroxyl groups excluding tert-OH is 2. The molecule has 0 heterocycles. The van der Waals surface area contributed by atoms with Gasteiger partial charge in [0.1, 0.15) is 6.10 Å². The molecule has 0 radical (unpaired) electrons. The molecule has 0 spiro atoms. The summed E-state index contributed by atoms with van der Waals surface area (Å²) in [5.74, 6) is 0. The van der Waals surface area contributed by atoms with Crippen molar-refractivity contribution in [2.24, 2.45) is 5.11 Å². The van der Waals surface area contributed by atoms with Gasteiger partial charge in [-0.25, -0.2) is 0 Å². The van der Waals surface area contributed by atoms with Crippen molar-refractivity contribution in [3.8, 4) is 11.1 Å². The van der Waals surface area contributed by atoms with Gasteiger partial charge in [0.05, 0.1) is 12.6 Å². The minimum absolute atomic E-state index is 0.155. The molecule has 0 bridgehead atoms. The molecule has 0 aliphatic carbocycles. The van der Waals surface area contributed by atoms with Crippen molar-refractivity contribution in [3.05, 3.63) is 70.6 Å². The highest BCUT2D eigenvalue weighted by atomic mass is 16.3. The maximum atomic E-state index is 9.94. The molecule has 102 valence electrons.